The van der Waals surface area contributed by atoms with Crippen LogP contribution in [-0.2, 0) is 9.84 Å². The number of nitrogens with one attached hydrogen (secondary N) is 1. The number of aryl methyl sites for hydroxylation is 2. The molecular formula is C23H26N6O3S2. The van der Waals surface area contributed by atoms with Gasteiger partial charge in [0.05, 0.1) is 51.0 Å². The van der Waals surface area contributed by atoms with Crippen LogP contribution in [0.3, 0.4) is 0 Å². The molecule has 1 N–H and O–H groups in total. The molecule has 11 heteroatoms. The van der Waals surface area contributed by atoms with Crippen molar-refractivity contribution in [1.82, 2.24) is 24.5 Å². The Balaban J connectivity index is 1.57. The summed E-state index contributed by atoms with van der Waals surface area (Å²) in [5.74, 6) is 0.332. The molecule has 0 radical (unpaired) electrons. The van der Waals surface area contributed by atoms with Gasteiger partial charge in [-0.05, 0) is 52.3 Å². The highest BCUT2D eigenvalue weighted by Gasteiger charge is 2.31. The number of sulfone groups is 1. The van der Waals surface area contributed by atoms with Crippen molar-refractivity contribution in [3.63, 3.8) is 0 Å². The largest absolute Gasteiger partial charge is 0.307 e. The van der Waals surface area contributed by atoms with Crippen molar-refractivity contribution < 1.29 is 13.2 Å². The molecule has 1 atom stereocenters. The van der Waals surface area contributed by atoms with Crippen molar-refractivity contribution in [3.8, 4) is 10.6 Å². The van der Waals surface area contributed by atoms with Crippen LogP contribution < -0.4 is 5.32 Å². The van der Waals surface area contributed by atoms with Crippen LogP contribution >= 0.6 is 11.3 Å². The predicted octanol–water partition coefficient (Wildman–Crippen LogP) is 4.17. The molecule has 0 saturated carbocycles. The molecule has 4 aromatic heterocycles. The molecule has 5 rings (SSSR count). The first-order chi connectivity index (χ1) is 16.1. The van der Waals surface area contributed by atoms with Crippen LogP contribution in [0.15, 0.2) is 30.5 Å². The summed E-state index contributed by atoms with van der Waals surface area (Å²) in [6.45, 7) is 7.90. The third-order valence-corrected chi connectivity index (χ3v) is 8.72. The van der Waals surface area contributed by atoms with Gasteiger partial charge in [-0.2, -0.15) is 10.2 Å². The minimum Gasteiger partial charge on any atom is -0.307 e. The second-order valence-electron chi connectivity index (χ2n) is 9.01. The minimum absolute atomic E-state index is 0.0273. The fourth-order valence-corrected chi connectivity index (χ4v) is 6.84. The molecule has 1 unspecified atom stereocenters. The first-order valence-electron chi connectivity index (χ1n) is 11.1. The zero-order valence-electron chi connectivity index (χ0n) is 19.4. The Morgan fingerprint density at radius 3 is 2.68 bits per heavy atom. The molecule has 1 fully saturated rings. The molecule has 178 valence electrons. The van der Waals surface area contributed by atoms with Crippen molar-refractivity contribution >= 4 is 43.9 Å². The van der Waals surface area contributed by atoms with Gasteiger partial charge < -0.3 is 5.32 Å². The van der Waals surface area contributed by atoms with Crippen LogP contribution in [0.1, 0.15) is 53.3 Å². The third-order valence-electron chi connectivity index (χ3n) is 5.95. The van der Waals surface area contributed by atoms with Crippen LogP contribution in [0, 0.1) is 13.8 Å². The molecule has 0 spiro atoms. The molecule has 4 aromatic rings. The number of hydrogen-bond donors (Lipinski definition) is 1. The van der Waals surface area contributed by atoms with Gasteiger partial charge in [-0.15, -0.1) is 11.3 Å². The molecule has 34 heavy (non-hydrogen) atoms. The number of carbonyl (C=O) groups is 1. The van der Waals surface area contributed by atoms with Crippen molar-refractivity contribution in [3.05, 3.63) is 46.6 Å². The van der Waals surface area contributed by atoms with Crippen LogP contribution in [0.2, 0.25) is 0 Å². The molecule has 0 aromatic carbocycles. The number of aromatic nitrogens is 5. The molecule has 9 nitrogen and oxygen atoms in total. The van der Waals surface area contributed by atoms with E-state index in [1.54, 1.807) is 34.3 Å². The first-order valence-corrected chi connectivity index (χ1v) is 13.8. The normalized spacial score (nSPS) is 17.6. The molecule has 0 bridgehead atoms. The van der Waals surface area contributed by atoms with Crippen LogP contribution in [0.5, 0.6) is 0 Å². The average molecular weight is 499 g/mol. The summed E-state index contributed by atoms with van der Waals surface area (Å²) in [5.41, 5.74) is 2.53. The van der Waals surface area contributed by atoms with E-state index >= 15 is 0 Å². The number of thiophene rings is 1. The van der Waals surface area contributed by atoms with E-state index in [-0.39, 0.29) is 29.5 Å². The van der Waals surface area contributed by atoms with Gasteiger partial charge in [0.2, 0.25) is 0 Å². The van der Waals surface area contributed by atoms with E-state index in [4.69, 9.17) is 4.98 Å². The van der Waals surface area contributed by atoms with Crippen LogP contribution in [0.4, 0.5) is 5.82 Å². The summed E-state index contributed by atoms with van der Waals surface area (Å²) in [4.78, 5) is 20.5. The van der Waals surface area contributed by atoms with E-state index in [2.05, 4.69) is 15.5 Å². The number of fused-ring (bicyclic) bond motifs is 1. The molecule has 1 saturated heterocycles. The number of amides is 1. The molecule has 0 aliphatic carbocycles. The fourth-order valence-electron chi connectivity index (χ4n) is 4.32. The van der Waals surface area contributed by atoms with Gasteiger partial charge in [-0.3, -0.25) is 4.79 Å². The number of hydrogen-bond acceptors (Lipinski definition) is 7. The Bertz CT molecular complexity index is 1510. The highest BCUT2D eigenvalue weighted by Crippen LogP contribution is 2.32. The van der Waals surface area contributed by atoms with E-state index in [0.29, 0.717) is 40.2 Å². The lowest BCUT2D eigenvalue weighted by Crippen LogP contribution is -2.20. The standard InChI is InChI=1S/C23H26N6O3S2/c1-13(2)28-22-18(11-24-28)17(10-19(25-22)20-6-5-15(4)33-20)23(30)26-21-9-14(3)27-29(21)16-7-8-34(31,32)12-16/h5-6,9-11,13,16H,7-8,12H2,1-4H3,(H,26,30). The van der Waals surface area contributed by atoms with Gasteiger partial charge in [0.25, 0.3) is 5.91 Å². The van der Waals surface area contributed by atoms with Crippen molar-refractivity contribution in [1.29, 1.82) is 0 Å². The second-order valence-corrected chi connectivity index (χ2v) is 12.5. The van der Waals surface area contributed by atoms with E-state index in [9.17, 15) is 13.2 Å². The Hall–Kier alpha value is -3.05. The van der Waals surface area contributed by atoms with E-state index in [1.807, 2.05) is 44.5 Å². The maximum atomic E-state index is 13.6. The molecular weight excluding hydrogens is 472 g/mol. The molecule has 1 aliphatic heterocycles. The lowest BCUT2D eigenvalue weighted by atomic mass is 10.1. The Morgan fingerprint density at radius 2 is 2.03 bits per heavy atom. The third kappa shape index (κ3) is 4.14. The topological polar surface area (TPSA) is 112 Å². The van der Waals surface area contributed by atoms with Crippen LogP contribution in [-0.4, -0.2) is 50.4 Å². The minimum atomic E-state index is -3.09. The Morgan fingerprint density at radius 1 is 1.24 bits per heavy atom. The van der Waals surface area contributed by atoms with E-state index in [0.717, 1.165) is 9.75 Å². The van der Waals surface area contributed by atoms with Crippen molar-refractivity contribution in [2.24, 2.45) is 0 Å². The summed E-state index contributed by atoms with van der Waals surface area (Å²) in [6, 6.07) is 7.38. The van der Waals surface area contributed by atoms with Gasteiger partial charge in [0.15, 0.2) is 15.5 Å². The maximum Gasteiger partial charge on any atom is 0.257 e. The predicted molar refractivity (Wildman–Crippen MR) is 133 cm³/mol. The van der Waals surface area contributed by atoms with Crippen molar-refractivity contribution in [2.45, 2.75) is 46.2 Å². The number of pyridine rings is 1. The van der Waals surface area contributed by atoms with E-state index < -0.39 is 9.84 Å². The molecule has 1 amide bonds. The smallest absolute Gasteiger partial charge is 0.257 e. The van der Waals surface area contributed by atoms with Gasteiger partial charge in [0.1, 0.15) is 5.82 Å². The average Bonchev–Trinajstić information content (AvgIpc) is 3.53. The summed E-state index contributed by atoms with van der Waals surface area (Å²) in [6.07, 6.45) is 2.15. The van der Waals surface area contributed by atoms with Gasteiger partial charge in [0, 0.05) is 17.0 Å². The molecule has 1 aliphatic rings. The molecule has 5 heterocycles. The lowest BCUT2D eigenvalue weighted by Gasteiger charge is -2.14. The zero-order valence-corrected chi connectivity index (χ0v) is 21.1. The highest BCUT2D eigenvalue weighted by molar-refractivity contribution is 7.91. The highest BCUT2D eigenvalue weighted by atomic mass is 32.2. The lowest BCUT2D eigenvalue weighted by molar-refractivity contribution is 0.102. The summed E-state index contributed by atoms with van der Waals surface area (Å²) in [5, 5.41) is 12.6. The quantitative estimate of drug-likeness (QED) is 0.442. The van der Waals surface area contributed by atoms with Crippen molar-refractivity contribution in [2.75, 3.05) is 16.8 Å². The monoisotopic (exact) mass is 498 g/mol. The van der Waals surface area contributed by atoms with Crippen LogP contribution in [0.25, 0.3) is 21.6 Å². The Kier molecular flexibility index (Phi) is 5.56. The summed E-state index contributed by atoms with van der Waals surface area (Å²) < 4.78 is 27.5. The number of nitrogens with zero attached hydrogens (tertiary/aromatic N) is 5. The van der Waals surface area contributed by atoms with Gasteiger partial charge >= 0.3 is 0 Å². The number of anilines is 1. The first kappa shape index (κ1) is 22.7. The Labute approximate surface area is 201 Å². The summed E-state index contributed by atoms with van der Waals surface area (Å²) >= 11 is 1.62. The zero-order chi connectivity index (χ0) is 24.2. The van der Waals surface area contributed by atoms with E-state index in [1.165, 1.54) is 0 Å². The maximum absolute atomic E-state index is 13.6. The SMILES string of the molecule is Cc1cc(NC(=O)c2cc(-c3ccc(C)s3)nc3c2cnn3C(C)C)n(C2CCS(=O)(=O)C2)n1. The fraction of sp³-hybridized carbons (Fsp3) is 0.391. The summed E-state index contributed by atoms with van der Waals surface area (Å²) in [7, 11) is -3.09. The van der Waals surface area contributed by atoms with Gasteiger partial charge in [-0.1, -0.05) is 0 Å². The van der Waals surface area contributed by atoms with Gasteiger partial charge in [-0.25, -0.2) is 22.8 Å². The second kappa shape index (κ2) is 8.31. The number of rotatable bonds is 5. The number of carbonyl (C=O) groups excluding carboxylic acids is 1.